The van der Waals surface area contributed by atoms with Crippen LogP contribution in [0.2, 0.25) is 0 Å². The number of fused-ring (bicyclic) bond motifs is 2. The van der Waals surface area contributed by atoms with Gasteiger partial charge in [-0.2, -0.15) is 0 Å². The number of hydrogen-bond donors (Lipinski definition) is 0. The van der Waals surface area contributed by atoms with Crippen molar-refractivity contribution in [2.24, 2.45) is 0 Å². The van der Waals surface area contributed by atoms with E-state index in [4.69, 9.17) is 9.47 Å². The Bertz CT molecular complexity index is 810. The van der Waals surface area contributed by atoms with Crippen molar-refractivity contribution in [2.45, 2.75) is 26.1 Å². The fraction of sp³-hybridized carbons (Fsp3) is 0.238. The molecule has 1 atom stereocenters. The van der Waals surface area contributed by atoms with Crippen LogP contribution in [-0.2, 0) is 13.1 Å². The molecule has 0 saturated heterocycles. The van der Waals surface area contributed by atoms with Crippen molar-refractivity contribution in [2.75, 3.05) is 6.79 Å². The van der Waals surface area contributed by atoms with Crippen LogP contribution in [0.3, 0.4) is 0 Å². The Labute approximate surface area is 142 Å². The zero-order valence-corrected chi connectivity index (χ0v) is 13.9. The van der Waals surface area contributed by atoms with Gasteiger partial charge in [0.15, 0.2) is 11.5 Å². The Hall–Kier alpha value is -2.52. The van der Waals surface area contributed by atoms with E-state index < -0.39 is 0 Å². The number of ether oxygens (including phenoxy) is 2. The molecule has 2 aromatic carbocycles. The van der Waals surface area contributed by atoms with Crippen LogP contribution >= 0.6 is 0 Å². The van der Waals surface area contributed by atoms with Gasteiger partial charge in [0.05, 0.1) is 0 Å². The SMILES string of the molecule is C=C1C(=C)C(C)N(Cc2ccccc2)Cc2cc3c(cc21)OCO3. The molecule has 4 rings (SSSR count). The van der Waals surface area contributed by atoms with Crippen molar-refractivity contribution in [3.8, 4) is 11.5 Å². The van der Waals surface area contributed by atoms with Gasteiger partial charge in [0.2, 0.25) is 6.79 Å². The molecule has 0 radical (unpaired) electrons. The standard InChI is InChI=1S/C21H21NO2/c1-14-15(2)19-10-21-20(23-13-24-21)9-18(19)12-22(16(14)3)11-17-7-5-4-6-8-17/h4-10,16H,1-2,11-13H2,3H3. The molecule has 0 saturated carbocycles. The average Bonchev–Trinajstić information content (AvgIpc) is 3.04. The highest BCUT2D eigenvalue weighted by Crippen LogP contribution is 2.41. The molecule has 2 aliphatic heterocycles. The molecule has 0 aliphatic carbocycles. The molecular weight excluding hydrogens is 298 g/mol. The topological polar surface area (TPSA) is 21.7 Å². The van der Waals surface area contributed by atoms with Crippen molar-refractivity contribution in [3.63, 3.8) is 0 Å². The van der Waals surface area contributed by atoms with E-state index in [2.05, 4.69) is 55.3 Å². The van der Waals surface area contributed by atoms with E-state index in [1.165, 1.54) is 11.1 Å². The summed E-state index contributed by atoms with van der Waals surface area (Å²) in [4.78, 5) is 2.43. The Balaban J connectivity index is 1.73. The minimum atomic E-state index is 0.224. The summed E-state index contributed by atoms with van der Waals surface area (Å²) in [5, 5.41) is 0. The van der Waals surface area contributed by atoms with Crippen LogP contribution in [0.5, 0.6) is 11.5 Å². The molecule has 1 unspecified atom stereocenters. The molecule has 0 N–H and O–H groups in total. The highest BCUT2D eigenvalue weighted by atomic mass is 16.7. The molecule has 3 nitrogen and oxygen atoms in total. The lowest BCUT2D eigenvalue weighted by atomic mass is 9.94. The van der Waals surface area contributed by atoms with Gasteiger partial charge in [-0.1, -0.05) is 43.5 Å². The molecule has 0 spiro atoms. The second-order valence-electron chi connectivity index (χ2n) is 6.43. The van der Waals surface area contributed by atoms with Crippen molar-refractivity contribution in [1.29, 1.82) is 0 Å². The molecule has 3 heteroatoms. The lowest BCUT2D eigenvalue weighted by Gasteiger charge is -2.28. The Morgan fingerprint density at radius 2 is 1.79 bits per heavy atom. The van der Waals surface area contributed by atoms with E-state index in [-0.39, 0.29) is 12.8 Å². The Morgan fingerprint density at radius 3 is 2.54 bits per heavy atom. The zero-order valence-electron chi connectivity index (χ0n) is 13.9. The van der Waals surface area contributed by atoms with Crippen molar-refractivity contribution >= 4 is 5.57 Å². The van der Waals surface area contributed by atoms with E-state index in [1.807, 2.05) is 12.1 Å². The van der Waals surface area contributed by atoms with Crippen LogP contribution in [0.1, 0.15) is 23.6 Å². The second kappa shape index (κ2) is 5.84. The van der Waals surface area contributed by atoms with Gasteiger partial charge in [0.1, 0.15) is 0 Å². The first-order chi connectivity index (χ1) is 11.6. The van der Waals surface area contributed by atoms with Gasteiger partial charge < -0.3 is 9.47 Å². The first kappa shape index (κ1) is 15.0. The summed E-state index contributed by atoms with van der Waals surface area (Å²) < 4.78 is 11.1. The average molecular weight is 319 g/mol. The third-order valence-electron chi connectivity index (χ3n) is 4.97. The lowest BCUT2D eigenvalue weighted by molar-refractivity contribution is 0.173. The normalized spacial score (nSPS) is 20.0. The summed E-state index contributed by atoms with van der Waals surface area (Å²) >= 11 is 0. The monoisotopic (exact) mass is 319 g/mol. The van der Waals surface area contributed by atoms with Gasteiger partial charge in [-0.15, -0.1) is 0 Å². The molecule has 2 heterocycles. The summed E-state index contributed by atoms with van der Waals surface area (Å²) in [6, 6.07) is 14.9. The molecule has 0 bridgehead atoms. The van der Waals surface area contributed by atoms with Gasteiger partial charge in [0.25, 0.3) is 0 Å². The van der Waals surface area contributed by atoms with Gasteiger partial charge in [-0.05, 0) is 46.9 Å². The fourth-order valence-corrected chi connectivity index (χ4v) is 3.41. The predicted molar refractivity (Wildman–Crippen MR) is 95.9 cm³/mol. The van der Waals surface area contributed by atoms with Crippen LogP contribution < -0.4 is 9.47 Å². The number of nitrogens with zero attached hydrogens (tertiary/aromatic N) is 1. The minimum absolute atomic E-state index is 0.224. The molecule has 0 fully saturated rings. The minimum Gasteiger partial charge on any atom is -0.454 e. The van der Waals surface area contributed by atoms with E-state index in [0.29, 0.717) is 0 Å². The van der Waals surface area contributed by atoms with E-state index in [1.54, 1.807) is 0 Å². The highest BCUT2D eigenvalue weighted by Gasteiger charge is 2.28. The summed E-state index contributed by atoms with van der Waals surface area (Å²) in [5.41, 5.74) is 5.68. The largest absolute Gasteiger partial charge is 0.454 e. The van der Waals surface area contributed by atoms with Crippen LogP contribution in [0, 0.1) is 0 Å². The molecule has 122 valence electrons. The summed E-state index contributed by atoms with van der Waals surface area (Å²) in [6.07, 6.45) is 0. The predicted octanol–water partition coefficient (Wildman–Crippen LogP) is 4.39. The second-order valence-corrected chi connectivity index (χ2v) is 6.43. The fourth-order valence-electron chi connectivity index (χ4n) is 3.41. The van der Waals surface area contributed by atoms with Gasteiger partial charge in [-0.25, -0.2) is 0 Å². The van der Waals surface area contributed by atoms with Crippen molar-refractivity contribution in [1.82, 2.24) is 4.90 Å². The van der Waals surface area contributed by atoms with Gasteiger partial charge >= 0.3 is 0 Å². The summed E-state index contributed by atoms with van der Waals surface area (Å²) in [5.74, 6) is 1.62. The van der Waals surface area contributed by atoms with E-state index in [9.17, 15) is 0 Å². The van der Waals surface area contributed by atoms with Crippen LogP contribution in [0.25, 0.3) is 5.57 Å². The first-order valence-corrected chi connectivity index (χ1v) is 8.22. The van der Waals surface area contributed by atoms with Crippen LogP contribution in [0.4, 0.5) is 0 Å². The van der Waals surface area contributed by atoms with Crippen LogP contribution in [-0.4, -0.2) is 17.7 Å². The van der Waals surface area contributed by atoms with E-state index in [0.717, 1.165) is 41.3 Å². The summed E-state index contributed by atoms with van der Waals surface area (Å²) in [7, 11) is 0. The molecule has 0 amide bonds. The maximum atomic E-state index is 5.55. The Morgan fingerprint density at radius 1 is 1.08 bits per heavy atom. The summed E-state index contributed by atoms with van der Waals surface area (Å²) in [6.45, 7) is 12.8. The van der Waals surface area contributed by atoms with Crippen LogP contribution in [0.15, 0.2) is 61.2 Å². The van der Waals surface area contributed by atoms with Gasteiger partial charge in [0, 0.05) is 19.1 Å². The number of rotatable bonds is 2. The maximum Gasteiger partial charge on any atom is 0.231 e. The first-order valence-electron chi connectivity index (χ1n) is 8.22. The number of hydrogen-bond acceptors (Lipinski definition) is 3. The number of benzene rings is 2. The quantitative estimate of drug-likeness (QED) is 0.819. The van der Waals surface area contributed by atoms with Crippen molar-refractivity contribution in [3.05, 3.63) is 77.9 Å². The Kier molecular flexibility index (Phi) is 3.66. The highest BCUT2D eigenvalue weighted by molar-refractivity contribution is 5.81. The third kappa shape index (κ3) is 2.51. The molecule has 2 aliphatic rings. The molecular formula is C21H21NO2. The maximum absolute atomic E-state index is 5.55. The smallest absolute Gasteiger partial charge is 0.231 e. The lowest BCUT2D eigenvalue weighted by Crippen LogP contribution is -2.32. The third-order valence-corrected chi connectivity index (χ3v) is 4.97. The van der Waals surface area contributed by atoms with E-state index >= 15 is 0 Å². The van der Waals surface area contributed by atoms with Gasteiger partial charge in [-0.3, -0.25) is 4.90 Å². The molecule has 2 aromatic rings. The molecule has 0 aromatic heterocycles. The molecule has 24 heavy (non-hydrogen) atoms. The zero-order chi connectivity index (χ0) is 16.7. The van der Waals surface area contributed by atoms with Crippen molar-refractivity contribution < 1.29 is 9.47 Å².